The molecule has 3 heteroatoms. The highest BCUT2D eigenvalue weighted by Crippen LogP contribution is 2.30. The normalized spacial score (nSPS) is 18.8. The maximum atomic E-state index is 6.08. The van der Waals surface area contributed by atoms with Crippen molar-refractivity contribution in [1.29, 1.82) is 0 Å². The van der Waals surface area contributed by atoms with Gasteiger partial charge in [-0.25, -0.2) is 0 Å². The molecule has 0 amide bonds. The molecule has 0 saturated carbocycles. The van der Waals surface area contributed by atoms with Crippen molar-refractivity contribution in [3.63, 3.8) is 0 Å². The van der Waals surface area contributed by atoms with E-state index in [9.17, 15) is 0 Å². The van der Waals surface area contributed by atoms with Crippen molar-refractivity contribution in [2.45, 2.75) is 18.8 Å². The lowest BCUT2D eigenvalue weighted by atomic mass is 9.93. The van der Waals surface area contributed by atoms with E-state index >= 15 is 0 Å². The Morgan fingerprint density at radius 2 is 2.15 bits per heavy atom. The molecule has 0 unspecified atom stereocenters. The first-order valence-corrected chi connectivity index (χ1v) is 4.93. The molecule has 0 N–H and O–H groups in total. The van der Waals surface area contributed by atoms with E-state index in [0.29, 0.717) is 5.92 Å². The third-order valence-corrected chi connectivity index (χ3v) is 2.80. The number of hydrogen-bond donors (Lipinski definition) is 0. The average Bonchev–Trinajstić information content (AvgIpc) is 2.20. The van der Waals surface area contributed by atoms with Crippen LogP contribution < -0.4 is 0 Å². The summed E-state index contributed by atoms with van der Waals surface area (Å²) < 4.78 is 5.30. The van der Waals surface area contributed by atoms with Gasteiger partial charge in [-0.05, 0) is 30.4 Å². The van der Waals surface area contributed by atoms with Gasteiger partial charge in [0.1, 0.15) is 0 Å². The Kier molecular flexibility index (Phi) is 2.81. The lowest BCUT2D eigenvalue weighted by molar-refractivity contribution is 0.0853. The molecule has 0 atom stereocenters. The van der Waals surface area contributed by atoms with Crippen LogP contribution in [0.15, 0.2) is 18.5 Å². The first kappa shape index (κ1) is 8.97. The molecule has 1 aromatic heterocycles. The van der Waals surface area contributed by atoms with Gasteiger partial charge < -0.3 is 4.74 Å². The number of nitrogens with zero attached hydrogens (tertiary/aromatic N) is 1. The van der Waals surface area contributed by atoms with Gasteiger partial charge in [-0.3, -0.25) is 4.98 Å². The average molecular weight is 198 g/mol. The zero-order valence-electron chi connectivity index (χ0n) is 7.37. The summed E-state index contributed by atoms with van der Waals surface area (Å²) in [6, 6.07) is 1.85. The van der Waals surface area contributed by atoms with Crippen molar-refractivity contribution >= 4 is 11.6 Å². The standard InChI is InChI=1S/C10H12ClNO/c11-10-1-4-12-7-9(10)8-2-5-13-6-3-8/h1,4,7-8H,2-3,5-6H2. The van der Waals surface area contributed by atoms with Gasteiger partial charge in [0.2, 0.25) is 0 Å². The van der Waals surface area contributed by atoms with Gasteiger partial charge in [-0.2, -0.15) is 0 Å². The summed E-state index contributed by atoms with van der Waals surface area (Å²) in [5.74, 6) is 0.537. The van der Waals surface area contributed by atoms with Gasteiger partial charge in [-0.1, -0.05) is 11.6 Å². The SMILES string of the molecule is Clc1ccncc1C1CCOCC1. The highest BCUT2D eigenvalue weighted by molar-refractivity contribution is 6.31. The molecule has 1 fully saturated rings. The molecule has 13 heavy (non-hydrogen) atoms. The number of aromatic nitrogens is 1. The number of pyridine rings is 1. The molecule has 1 saturated heterocycles. The van der Waals surface area contributed by atoms with Crippen LogP contribution in [0.1, 0.15) is 24.3 Å². The predicted molar refractivity (Wildman–Crippen MR) is 52.0 cm³/mol. The van der Waals surface area contributed by atoms with Gasteiger partial charge in [0.15, 0.2) is 0 Å². The molecule has 2 rings (SSSR count). The van der Waals surface area contributed by atoms with E-state index in [1.165, 1.54) is 5.56 Å². The summed E-state index contributed by atoms with van der Waals surface area (Å²) in [5, 5.41) is 0.835. The van der Waals surface area contributed by atoms with Crippen molar-refractivity contribution in [2.75, 3.05) is 13.2 Å². The molecule has 0 spiro atoms. The van der Waals surface area contributed by atoms with Crippen molar-refractivity contribution in [3.05, 3.63) is 29.0 Å². The molecule has 0 bridgehead atoms. The maximum absolute atomic E-state index is 6.08. The Labute approximate surface area is 82.9 Å². The molecule has 70 valence electrons. The third kappa shape index (κ3) is 2.01. The van der Waals surface area contributed by atoms with E-state index in [4.69, 9.17) is 16.3 Å². The molecule has 0 radical (unpaired) electrons. The fraction of sp³-hybridized carbons (Fsp3) is 0.500. The first-order valence-electron chi connectivity index (χ1n) is 4.55. The Hall–Kier alpha value is -0.600. The smallest absolute Gasteiger partial charge is 0.0471 e. The quantitative estimate of drug-likeness (QED) is 0.691. The number of rotatable bonds is 1. The molecule has 1 aliphatic heterocycles. The summed E-state index contributed by atoms with van der Waals surface area (Å²) in [7, 11) is 0. The van der Waals surface area contributed by atoms with Crippen LogP contribution in [0.2, 0.25) is 5.02 Å². The largest absolute Gasteiger partial charge is 0.381 e. The molecule has 1 aliphatic rings. The van der Waals surface area contributed by atoms with Gasteiger partial charge in [-0.15, -0.1) is 0 Å². The predicted octanol–water partition coefficient (Wildman–Crippen LogP) is 2.63. The van der Waals surface area contributed by atoms with Crippen molar-refractivity contribution in [2.24, 2.45) is 0 Å². The zero-order valence-corrected chi connectivity index (χ0v) is 8.13. The minimum Gasteiger partial charge on any atom is -0.381 e. The van der Waals surface area contributed by atoms with Crippen molar-refractivity contribution in [1.82, 2.24) is 4.98 Å². The zero-order chi connectivity index (χ0) is 9.10. The second kappa shape index (κ2) is 4.07. The van der Waals surface area contributed by atoms with Gasteiger partial charge >= 0.3 is 0 Å². The van der Waals surface area contributed by atoms with Crippen LogP contribution in [0.3, 0.4) is 0 Å². The summed E-state index contributed by atoms with van der Waals surface area (Å²) >= 11 is 6.08. The Balaban J connectivity index is 2.18. The van der Waals surface area contributed by atoms with E-state index in [-0.39, 0.29) is 0 Å². The highest BCUT2D eigenvalue weighted by Gasteiger charge is 2.17. The van der Waals surface area contributed by atoms with Crippen LogP contribution in [0.4, 0.5) is 0 Å². The maximum Gasteiger partial charge on any atom is 0.0471 e. The molecule has 2 heterocycles. The van der Waals surface area contributed by atoms with Crippen LogP contribution in [-0.4, -0.2) is 18.2 Å². The fourth-order valence-electron chi connectivity index (χ4n) is 1.70. The fourth-order valence-corrected chi connectivity index (χ4v) is 1.96. The molecule has 0 aromatic carbocycles. The van der Waals surface area contributed by atoms with Crippen LogP contribution in [-0.2, 0) is 4.74 Å². The van der Waals surface area contributed by atoms with E-state index in [1.807, 2.05) is 12.3 Å². The lowest BCUT2D eigenvalue weighted by Crippen LogP contribution is -2.14. The van der Waals surface area contributed by atoms with Gasteiger partial charge in [0.05, 0.1) is 0 Å². The van der Waals surface area contributed by atoms with Gasteiger partial charge in [0.25, 0.3) is 0 Å². The van der Waals surface area contributed by atoms with E-state index in [0.717, 1.165) is 31.1 Å². The van der Waals surface area contributed by atoms with Gasteiger partial charge in [0, 0.05) is 30.6 Å². The lowest BCUT2D eigenvalue weighted by Gasteiger charge is -2.22. The summed E-state index contributed by atoms with van der Waals surface area (Å²) in [6.45, 7) is 1.69. The summed E-state index contributed by atoms with van der Waals surface area (Å²) in [4.78, 5) is 4.10. The van der Waals surface area contributed by atoms with Crippen molar-refractivity contribution in [3.8, 4) is 0 Å². The monoisotopic (exact) mass is 197 g/mol. The van der Waals surface area contributed by atoms with E-state index in [1.54, 1.807) is 6.20 Å². The van der Waals surface area contributed by atoms with Crippen LogP contribution in [0.25, 0.3) is 0 Å². The first-order chi connectivity index (χ1) is 6.38. The Morgan fingerprint density at radius 1 is 1.38 bits per heavy atom. The molecular weight excluding hydrogens is 186 g/mol. The molecule has 1 aromatic rings. The minimum absolute atomic E-state index is 0.537. The van der Waals surface area contributed by atoms with Crippen molar-refractivity contribution < 1.29 is 4.74 Å². The highest BCUT2D eigenvalue weighted by atomic mass is 35.5. The Bertz CT molecular complexity index is 284. The number of ether oxygens (including phenoxy) is 1. The molecule has 0 aliphatic carbocycles. The van der Waals surface area contributed by atoms with Crippen LogP contribution >= 0.6 is 11.6 Å². The molecular formula is C10H12ClNO. The number of hydrogen-bond acceptors (Lipinski definition) is 2. The summed E-state index contributed by atoms with van der Waals surface area (Å²) in [5.41, 5.74) is 1.17. The summed E-state index contributed by atoms with van der Waals surface area (Å²) in [6.07, 6.45) is 5.72. The second-order valence-corrected chi connectivity index (χ2v) is 3.69. The topological polar surface area (TPSA) is 22.1 Å². The van der Waals surface area contributed by atoms with Crippen LogP contribution in [0, 0.1) is 0 Å². The van der Waals surface area contributed by atoms with Crippen LogP contribution in [0.5, 0.6) is 0 Å². The van der Waals surface area contributed by atoms with E-state index in [2.05, 4.69) is 4.98 Å². The minimum atomic E-state index is 0.537. The third-order valence-electron chi connectivity index (χ3n) is 2.46. The van der Waals surface area contributed by atoms with E-state index < -0.39 is 0 Å². The number of halogens is 1. The second-order valence-electron chi connectivity index (χ2n) is 3.28. The molecule has 2 nitrogen and oxygen atoms in total. The Morgan fingerprint density at radius 3 is 2.85 bits per heavy atom.